The van der Waals surface area contributed by atoms with Gasteiger partial charge in [0, 0.05) is 19.0 Å². The number of rotatable bonds is 2. The topological polar surface area (TPSA) is 38.3 Å². The summed E-state index contributed by atoms with van der Waals surface area (Å²) in [5.74, 6) is -0.118. The molecule has 0 aliphatic carbocycles. The molecule has 134 valence electrons. The van der Waals surface area contributed by atoms with Crippen molar-refractivity contribution in [2.45, 2.75) is 25.3 Å². The Hall–Kier alpha value is -2.60. The van der Waals surface area contributed by atoms with Crippen molar-refractivity contribution in [2.24, 2.45) is 0 Å². The summed E-state index contributed by atoms with van der Waals surface area (Å²) in [7, 11) is 0. The molecule has 0 aromatic heterocycles. The maximum Gasteiger partial charge on any atom is 0.416 e. The summed E-state index contributed by atoms with van der Waals surface area (Å²) in [4.78, 5) is 11.4. The zero-order valence-electron chi connectivity index (χ0n) is 13.8. The van der Waals surface area contributed by atoms with Crippen molar-refractivity contribution < 1.29 is 22.7 Å². The average molecular weight is 359 g/mol. The smallest absolute Gasteiger partial charge is 0.368 e. The first-order valence-electron chi connectivity index (χ1n) is 8.29. The summed E-state index contributed by atoms with van der Waals surface area (Å²) >= 11 is 0. The van der Waals surface area contributed by atoms with Crippen molar-refractivity contribution in [3.05, 3.63) is 76.4 Å². The lowest BCUT2D eigenvalue weighted by atomic mass is 9.92. The predicted molar refractivity (Wildman–Crippen MR) is 90.1 cm³/mol. The molecular formula is C20H16F3NO2. The van der Waals surface area contributed by atoms with Gasteiger partial charge in [0.1, 0.15) is 0 Å². The third-order valence-corrected chi connectivity index (χ3v) is 4.77. The molecule has 0 bridgehead atoms. The van der Waals surface area contributed by atoms with Crippen LogP contribution in [0.1, 0.15) is 33.9 Å². The summed E-state index contributed by atoms with van der Waals surface area (Å²) < 4.78 is 44.8. The fraction of sp³-hybridized carbons (Fsp3) is 0.250. The second-order valence-electron chi connectivity index (χ2n) is 6.50. The van der Waals surface area contributed by atoms with E-state index in [2.05, 4.69) is 5.32 Å². The first-order valence-corrected chi connectivity index (χ1v) is 8.29. The Labute approximate surface area is 148 Å². The van der Waals surface area contributed by atoms with E-state index in [0.717, 1.165) is 28.3 Å². The van der Waals surface area contributed by atoms with Crippen LogP contribution in [0.15, 0.2) is 48.5 Å². The minimum Gasteiger partial charge on any atom is -0.368 e. The Bertz CT molecular complexity index is 902. The van der Waals surface area contributed by atoms with E-state index in [1.54, 1.807) is 6.08 Å². The number of benzene rings is 2. The van der Waals surface area contributed by atoms with Gasteiger partial charge in [-0.15, -0.1) is 0 Å². The van der Waals surface area contributed by atoms with Crippen LogP contribution < -0.4 is 5.32 Å². The van der Waals surface area contributed by atoms with Crippen molar-refractivity contribution in [3.63, 3.8) is 0 Å². The molecule has 1 amide bonds. The molecule has 2 aliphatic heterocycles. The highest BCUT2D eigenvalue weighted by atomic mass is 19.4. The Kier molecular flexibility index (Phi) is 4.07. The monoisotopic (exact) mass is 359 g/mol. The molecule has 2 aromatic carbocycles. The van der Waals surface area contributed by atoms with E-state index in [1.807, 2.05) is 24.3 Å². The number of hydrogen-bond acceptors (Lipinski definition) is 2. The molecule has 1 N–H and O–H groups in total. The summed E-state index contributed by atoms with van der Waals surface area (Å²) in [5, 5.41) is 2.73. The lowest BCUT2D eigenvalue weighted by Gasteiger charge is -2.27. The van der Waals surface area contributed by atoms with Crippen LogP contribution in [0.3, 0.4) is 0 Å². The molecular weight excluding hydrogens is 343 g/mol. The van der Waals surface area contributed by atoms with Gasteiger partial charge in [-0.05, 0) is 46.0 Å². The first-order chi connectivity index (χ1) is 12.4. The average Bonchev–Trinajstić information content (AvgIpc) is 3.06. The molecule has 0 saturated carbocycles. The first kappa shape index (κ1) is 16.8. The van der Waals surface area contributed by atoms with Gasteiger partial charge in [0.2, 0.25) is 5.91 Å². The molecule has 1 unspecified atom stereocenters. The standard InChI is InChI=1S/C20H16F3NO2/c21-20(22,23)17-5-4-14-11-26-18(8-15(14)7-17)13-3-1-2-12(6-13)16-9-19(25)24-10-16/h1-7,9,18H,8,10-11H2,(H,24,25). The number of ether oxygens (including phenoxy) is 1. The summed E-state index contributed by atoms with van der Waals surface area (Å²) in [6.45, 7) is 0.761. The maximum absolute atomic E-state index is 13.0. The van der Waals surface area contributed by atoms with E-state index in [9.17, 15) is 18.0 Å². The largest absolute Gasteiger partial charge is 0.416 e. The quantitative estimate of drug-likeness (QED) is 0.879. The van der Waals surface area contributed by atoms with Gasteiger partial charge in [0.15, 0.2) is 0 Å². The van der Waals surface area contributed by atoms with Crippen LogP contribution in [-0.4, -0.2) is 12.5 Å². The lowest BCUT2D eigenvalue weighted by Crippen LogP contribution is -2.17. The summed E-state index contributed by atoms with van der Waals surface area (Å²) in [6.07, 6.45) is -2.71. The van der Waals surface area contributed by atoms with E-state index in [4.69, 9.17) is 4.74 Å². The van der Waals surface area contributed by atoms with Gasteiger partial charge in [0.05, 0.1) is 18.3 Å². The van der Waals surface area contributed by atoms with Gasteiger partial charge in [-0.2, -0.15) is 13.2 Å². The Balaban J connectivity index is 1.61. The van der Waals surface area contributed by atoms with Gasteiger partial charge < -0.3 is 10.1 Å². The molecule has 0 spiro atoms. The highest BCUT2D eigenvalue weighted by Crippen LogP contribution is 2.36. The Morgan fingerprint density at radius 2 is 1.92 bits per heavy atom. The van der Waals surface area contributed by atoms with E-state index in [0.29, 0.717) is 18.5 Å². The lowest BCUT2D eigenvalue weighted by molar-refractivity contribution is -0.137. The summed E-state index contributed by atoms with van der Waals surface area (Å²) in [6, 6.07) is 11.4. The normalized spacial score (nSPS) is 19.7. The molecule has 1 atom stereocenters. The van der Waals surface area contributed by atoms with Crippen molar-refractivity contribution in [3.8, 4) is 0 Å². The SMILES string of the molecule is O=C1C=C(c2cccc(C3Cc4cc(C(F)(F)F)ccc4CO3)c2)CN1. The fourth-order valence-corrected chi connectivity index (χ4v) is 3.36. The molecule has 3 nitrogen and oxygen atoms in total. The van der Waals surface area contributed by atoms with E-state index in [1.165, 1.54) is 12.1 Å². The molecule has 2 heterocycles. The van der Waals surface area contributed by atoms with Crippen LogP contribution in [0.2, 0.25) is 0 Å². The van der Waals surface area contributed by atoms with Gasteiger partial charge in [-0.25, -0.2) is 0 Å². The van der Waals surface area contributed by atoms with Crippen LogP contribution >= 0.6 is 0 Å². The number of alkyl halides is 3. The number of halogens is 3. The molecule has 0 radical (unpaired) electrons. The van der Waals surface area contributed by atoms with Gasteiger partial charge in [0.25, 0.3) is 0 Å². The molecule has 6 heteroatoms. The molecule has 4 rings (SSSR count). The Morgan fingerprint density at radius 3 is 2.65 bits per heavy atom. The van der Waals surface area contributed by atoms with Crippen molar-refractivity contribution in [2.75, 3.05) is 6.54 Å². The predicted octanol–water partition coefficient (Wildman–Crippen LogP) is 4.03. The van der Waals surface area contributed by atoms with Gasteiger partial charge in [-0.3, -0.25) is 4.79 Å². The van der Waals surface area contributed by atoms with E-state index >= 15 is 0 Å². The Morgan fingerprint density at radius 1 is 1.08 bits per heavy atom. The minimum absolute atomic E-state index is 0.118. The van der Waals surface area contributed by atoms with E-state index < -0.39 is 11.7 Å². The van der Waals surface area contributed by atoms with Crippen LogP contribution in [0.25, 0.3) is 5.57 Å². The van der Waals surface area contributed by atoms with Gasteiger partial charge in [-0.1, -0.05) is 24.3 Å². The third kappa shape index (κ3) is 3.24. The van der Waals surface area contributed by atoms with Gasteiger partial charge >= 0.3 is 6.18 Å². The number of carbonyl (C=O) groups is 1. The van der Waals surface area contributed by atoms with Crippen LogP contribution in [-0.2, 0) is 28.7 Å². The highest BCUT2D eigenvalue weighted by molar-refractivity contribution is 6.00. The molecule has 2 aromatic rings. The molecule has 0 fully saturated rings. The number of fused-ring (bicyclic) bond motifs is 1. The van der Waals surface area contributed by atoms with Crippen molar-refractivity contribution in [1.29, 1.82) is 0 Å². The zero-order valence-corrected chi connectivity index (χ0v) is 13.8. The second kappa shape index (κ2) is 6.29. The van der Waals surface area contributed by atoms with Crippen molar-refractivity contribution in [1.82, 2.24) is 5.32 Å². The number of carbonyl (C=O) groups excluding carboxylic acids is 1. The number of nitrogens with one attached hydrogen (secondary N) is 1. The van der Waals surface area contributed by atoms with Crippen LogP contribution in [0, 0.1) is 0 Å². The van der Waals surface area contributed by atoms with E-state index in [-0.39, 0.29) is 18.6 Å². The van der Waals surface area contributed by atoms with Crippen molar-refractivity contribution >= 4 is 11.5 Å². The fourth-order valence-electron chi connectivity index (χ4n) is 3.36. The minimum atomic E-state index is -4.35. The summed E-state index contributed by atoms with van der Waals surface area (Å²) in [5.41, 5.74) is 3.53. The zero-order chi connectivity index (χ0) is 18.3. The molecule has 2 aliphatic rings. The number of amides is 1. The molecule has 26 heavy (non-hydrogen) atoms. The number of hydrogen-bond donors (Lipinski definition) is 1. The maximum atomic E-state index is 13.0. The van der Waals surface area contributed by atoms with Crippen LogP contribution in [0.4, 0.5) is 13.2 Å². The van der Waals surface area contributed by atoms with Crippen LogP contribution in [0.5, 0.6) is 0 Å². The third-order valence-electron chi connectivity index (χ3n) is 4.77. The highest BCUT2D eigenvalue weighted by Gasteiger charge is 2.32. The second-order valence-corrected chi connectivity index (χ2v) is 6.50. The molecule has 0 saturated heterocycles.